The number of para-hydroxylation sites is 1. The fraction of sp³-hybridized carbons (Fsp3) is 0.538. The van der Waals surface area contributed by atoms with Crippen LogP contribution >= 0.6 is 0 Å². The number of hydrogen-bond donors (Lipinski definition) is 1. The third-order valence-corrected chi connectivity index (χ3v) is 2.68. The van der Waals surface area contributed by atoms with Crippen molar-refractivity contribution in [2.75, 3.05) is 20.8 Å². The average molecular weight is 223 g/mol. The summed E-state index contributed by atoms with van der Waals surface area (Å²) in [4.78, 5) is 0. The Morgan fingerprint density at radius 3 is 2.56 bits per heavy atom. The molecule has 0 aliphatic rings. The highest BCUT2D eigenvalue weighted by molar-refractivity contribution is 5.36. The van der Waals surface area contributed by atoms with Gasteiger partial charge in [0.25, 0.3) is 0 Å². The van der Waals surface area contributed by atoms with Gasteiger partial charge in [-0.3, -0.25) is 0 Å². The molecule has 3 nitrogen and oxygen atoms in total. The maximum atomic E-state index is 5.63. The molecule has 90 valence electrons. The fourth-order valence-electron chi connectivity index (χ4n) is 1.93. The van der Waals surface area contributed by atoms with Crippen LogP contribution in [0.4, 0.5) is 0 Å². The first-order valence-electron chi connectivity index (χ1n) is 5.66. The van der Waals surface area contributed by atoms with Gasteiger partial charge in [-0.25, -0.2) is 0 Å². The molecule has 0 fully saturated rings. The molecule has 16 heavy (non-hydrogen) atoms. The lowest BCUT2D eigenvalue weighted by Gasteiger charge is -2.25. The van der Waals surface area contributed by atoms with Crippen LogP contribution in [0.15, 0.2) is 24.3 Å². The van der Waals surface area contributed by atoms with Crippen LogP contribution < -0.4 is 10.1 Å². The zero-order valence-corrected chi connectivity index (χ0v) is 10.5. The van der Waals surface area contributed by atoms with Gasteiger partial charge in [-0.2, -0.15) is 0 Å². The van der Waals surface area contributed by atoms with E-state index in [9.17, 15) is 0 Å². The van der Waals surface area contributed by atoms with Crippen LogP contribution in [-0.4, -0.2) is 26.9 Å². The van der Waals surface area contributed by atoms with E-state index in [4.69, 9.17) is 9.47 Å². The molecule has 1 N–H and O–H groups in total. The van der Waals surface area contributed by atoms with Crippen molar-refractivity contribution in [3.63, 3.8) is 0 Å². The van der Waals surface area contributed by atoms with Gasteiger partial charge in [0.2, 0.25) is 0 Å². The summed E-state index contributed by atoms with van der Waals surface area (Å²) in [5.41, 5.74) is 1.13. The number of methoxy groups -OCH3 is 1. The van der Waals surface area contributed by atoms with Crippen molar-refractivity contribution in [1.29, 1.82) is 0 Å². The molecule has 0 bridgehead atoms. The van der Waals surface area contributed by atoms with E-state index in [1.807, 2.05) is 32.2 Å². The van der Waals surface area contributed by atoms with Crippen LogP contribution in [0.25, 0.3) is 0 Å². The standard InChI is InChI=1S/C13H21NO2/c1-5-16-10(2)13(14-3)11-8-6-7-9-12(11)15-4/h6-10,13-14H,5H2,1-4H3. The maximum Gasteiger partial charge on any atom is 0.123 e. The smallest absolute Gasteiger partial charge is 0.123 e. The van der Waals surface area contributed by atoms with Gasteiger partial charge in [-0.15, -0.1) is 0 Å². The molecular formula is C13H21NO2. The van der Waals surface area contributed by atoms with Gasteiger partial charge in [-0.1, -0.05) is 18.2 Å². The summed E-state index contributed by atoms with van der Waals surface area (Å²) in [7, 11) is 3.63. The van der Waals surface area contributed by atoms with Gasteiger partial charge in [0.15, 0.2) is 0 Å². The summed E-state index contributed by atoms with van der Waals surface area (Å²) in [5.74, 6) is 0.897. The average Bonchev–Trinajstić information content (AvgIpc) is 2.31. The highest BCUT2D eigenvalue weighted by Gasteiger charge is 2.20. The van der Waals surface area contributed by atoms with E-state index in [1.165, 1.54) is 0 Å². The summed E-state index contributed by atoms with van der Waals surface area (Å²) in [5, 5.41) is 3.27. The Bertz CT molecular complexity index is 315. The molecule has 1 rings (SSSR count). The molecule has 0 saturated heterocycles. The highest BCUT2D eigenvalue weighted by Crippen LogP contribution is 2.27. The SMILES string of the molecule is CCOC(C)C(NC)c1ccccc1OC. The molecule has 0 aromatic heterocycles. The lowest BCUT2D eigenvalue weighted by molar-refractivity contribution is 0.0487. The maximum absolute atomic E-state index is 5.63. The summed E-state index contributed by atoms with van der Waals surface area (Å²) < 4.78 is 11.0. The van der Waals surface area contributed by atoms with Gasteiger partial charge in [-0.05, 0) is 27.0 Å². The minimum atomic E-state index is 0.117. The summed E-state index contributed by atoms with van der Waals surface area (Å²) in [6.07, 6.45) is 0.117. The van der Waals surface area contributed by atoms with Crippen molar-refractivity contribution >= 4 is 0 Å². The monoisotopic (exact) mass is 223 g/mol. The zero-order valence-electron chi connectivity index (χ0n) is 10.5. The van der Waals surface area contributed by atoms with Crippen LogP contribution in [0.2, 0.25) is 0 Å². The molecule has 0 amide bonds. The predicted molar refractivity (Wildman–Crippen MR) is 65.9 cm³/mol. The summed E-state index contributed by atoms with van der Waals surface area (Å²) >= 11 is 0. The molecular weight excluding hydrogens is 202 g/mol. The summed E-state index contributed by atoms with van der Waals surface area (Å²) in [6.45, 7) is 4.79. The van der Waals surface area contributed by atoms with Crippen molar-refractivity contribution in [2.24, 2.45) is 0 Å². The Kier molecular flexibility index (Phi) is 5.29. The van der Waals surface area contributed by atoms with Crippen LogP contribution in [0, 0.1) is 0 Å². The molecule has 0 aliphatic heterocycles. The van der Waals surface area contributed by atoms with Gasteiger partial charge < -0.3 is 14.8 Å². The molecule has 0 spiro atoms. The first-order chi connectivity index (χ1) is 7.74. The Hall–Kier alpha value is -1.06. The van der Waals surface area contributed by atoms with Crippen molar-refractivity contribution in [3.8, 4) is 5.75 Å². The minimum Gasteiger partial charge on any atom is -0.496 e. The quantitative estimate of drug-likeness (QED) is 0.803. The van der Waals surface area contributed by atoms with Gasteiger partial charge in [0.1, 0.15) is 5.75 Å². The lowest BCUT2D eigenvalue weighted by atomic mass is 10.0. The fourth-order valence-corrected chi connectivity index (χ4v) is 1.93. The zero-order chi connectivity index (χ0) is 12.0. The second-order valence-corrected chi connectivity index (χ2v) is 3.67. The number of nitrogens with one attached hydrogen (secondary N) is 1. The molecule has 2 atom stereocenters. The lowest BCUT2D eigenvalue weighted by Crippen LogP contribution is -2.29. The minimum absolute atomic E-state index is 0.117. The first-order valence-corrected chi connectivity index (χ1v) is 5.66. The molecule has 0 heterocycles. The molecule has 2 unspecified atom stereocenters. The number of hydrogen-bond acceptors (Lipinski definition) is 3. The Balaban J connectivity index is 2.93. The Labute approximate surface area is 97.8 Å². The molecule has 1 aromatic rings. The van der Waals surface area contributed by atoms with E-state index < -0.39 is 0 Å². The van der Waals surface area contributed by atoms with E-state index in [0.717, 1.165) is 11.3 Å². The molecule has 1 aromatic carbocycles. The van der Waals surface area contributed by atoms with E-state index in [-0.39, 0.29) is 12.1 Å². The van der Waals surface area contributed by atoms with Crippen molar-refractivity contribution in [3.05, 3.63) is 29.8 Å². The molecule has 0 radical (unpaired) electrons. The third kappa shape index (κ3) is 2.97. The Morgan fingerprint density at radius 1 is 1.31 bits per heavy atom. The van der Waals surface area contributed by atoms with Crippen LogP contribution in [-0.2, 0) is 4.74 Å². The number of ether oxygens (including phenoxy) is 2. The van der Waals surface area contributed by atoms with E-state index >= 15 is 0 Å². The van der Waals surface area contributed by atoms with Gasteiger partial charge in [0, 0.05) is 12.2 Å². The van der Waals surface area contributed by atoms with Crippen molar-refractivity contribution < 1.29 is 9.47 Å². The van der Waals surface area contributed by atoms with Crippen LogP contribution in [0.3, 0.4) is 0 Å². The number of benzene rings is 1. The van der Waals surface area contributed by atoms with Crippen molar-refractivity contribution in [1.82, 2.24) is 5.32 Å². The number of rotatable bonds is 6. The Morgan fingerprint density at radius 2 is 2.00 bits per heavy atom. The highest BCUT2D eigenvalue weighted by atomic mass is 16.5. The second kappa shape index (κ2) is 6.51. The van der Waals surface area contributed by atoms with Crippen LogP contribution in [0.1, 0.15) is 25.5 Å². The third-order valence-electron chi connectivity index (χ3n) is 2.68. The van der Waals surface area contributed by atoms with E-state index in [2.05, 4.69) is 18.3 Å². The van der Waals surface area contributed by atoms with Gasteiger partial charge >= 0.3 is 0 Å². The first kappa shape index (κ1) is 13.0. The second-order valence-electron chi connectivity index (χ2n) is 3.67. The molecule has 0 aliphatic carbocycles. The largest absolute Gasteiger partial charge is 0.496 e. The predicted octanol–water partition coefficient (Wildman–Crippen LogP) is 2.38. The van der Waals surface area contributed by atoms with Gasteiger partial charge in [0.05, 0.1) is 19.3 Å². The molecule has 0 saturated carbocycles. The summed E-state index contributed by atoms with van der Waals surface area (Å²) in [6, 6.07) is 8.17. The normalized spacial score (nSPS) is 14.5. The number of likely N-dealkylation sites (N-methyl/N-ethyl adjacent to an activating group) is 1. The van der Waals surface area contributed by atoms with Crippen LogP contribution in [0.5, 0.6) is 5.75 Å². The topological polar surface area (TPSA) is 30.5 Å². The van der Waals surface area contributed by atoms with E-state index in [1.54, 1.807) is 7.11 Å². The molecule has 3 heteroatoms. The van der Waals surface area contributed by atoms with Crippen molar-refractivity contribution in [2.45, 2.75) is 26.0 Å². The van der Waals surface area contributed by atoms with E-state index in [0.29, 0.717) is 6.61 Å².